The van der Waals surface area contributed by atoms with Crippen molar-refractivity contribution in [2.24, 2.45) is 0 Å². The first-order valence-corrected chi connectivity index (χ1v) is 7.80. The number of hydrogen-bond acceptors (Lipinski definition) is 6. The van der Waals surface area contributed by atoms with Crippen molar-refractivity contribution in [3.8, 4) is 5.75 Å². The summed E-state index contributed by atoms with van der Waals surface area (Å²) in [5.74, 6) is -0.328. The first-order chi connectivity index (χ1) is 11.6. The van der Waals surface area contributed by atoms with Crippen LogP contribution < -0.4 is 4.74 Å². The average Bonchev–Trinajstić information content (AvgIpc) is 2.91. The minimum Gasteiger partial charge on any atom is -0.491 e. The molecule has 1 heterocycles. The fourth-order valence-electron chi connectivity index (χ4n) is 2.38. The third-order valence-electron chi connectivity index (χ3n) is 3.31. The van der Waals surface area contributed by atoms with Gasteiger partial charge in [-0.3, -0.25) is 4.79 Å². The summed E-state index contributed by atoms with van der Waals surface area (Å²) in [5.41, 5.74) is 1.05. The molecule has 0 spiro atoms. The number of carbonyl (C=O) groups excluding carboxylic acids is 2. The molecule has 0 saturated heterocycles. The van der Waals surface area contributed by atoms with Crippen LogP contribution in [0, 0.1) is 0 Å². The van der Waals surface area contributed by atoms with E-state index in [0.29, 0.717) is 28.8 Å². The maximum Gasteiger partial charge on any atom is 0.340 e. The highest BCUT2D eigenvalue weighted by molar-refractivity contribution is 6.05. The highest BCUT2D eigenvalue weighted by Crippen LogP contribution is 2.27. The molecular formula is C17H21NO6. The number of fused-ring (bicyclic) bond motifs is 1. The Labute approximate surface area is 139 Å². The van der Waals surface area contributed by atoms with Gasteiger partial charge in [0.2, 0.25) is 0 Å². The van der Waals surface area contributed by atoms with Gasteiger partial charge < -0.3 is 23.9 Å². The zero-order valence-corrected chi connectivity index (χ0v) is 13.8. The number of carbonyl (C=O) groups is 2. The predicted molar refractivity (Wildman–Crippen MR) is 87.1 cm³/mol. The fraction of sp³-hybridized carbons (Fsp3) is 0.412. The summed E-state index contributed by atoms with van der Waals surface area (Å²) in [6.45, 7) is 4.06. The molecule has 130 valence electrons. The first-order valence-electron chi connectivity index (χ1n) is 7.80. The van der Waals surface area contributed by atoms with Crippen LogP contribution >= 0.6 is 0 Å². The Kier molecular flexibility index (Phi) is 6.20. The Bertz CT molecular complexity index is 721. The number of nitrogens with zero attached hydrogens (tertiary/aromatic N) is 1. The molecule has 0 bridgehead atoms. The molecule has 7 heteroatoms. The zero-order valence-electron chi connectivity index (χ0n) is 13.8. The van der Waals surface area contributed by atoms with Gasteiger partial charge in [-0.2, -0.15) is 0 Å². The van der Waals surface area contributed by atoms with Gasteiger partial charge in [0.1, 0.15) is 18.9 Å². The van der Waals surface area contributed by atoms with Gasteiger partial charge in [0.15, 0.2) is 0 Å². The van der Waals surface area contributed by atoms with Gasteiger partial charge in [-0.1, -0.05) is 0 Å². The predicted octanol–water partition coefficient (Wildman–Crippen LogP) is 1.75. The highest BCUT2D eigenvalue weighted by atomic mass is 16.5. The summed E-state index contributed by atoms with van der Waals surface area (Å²) in [6.07, 6.45) is 1.58. The normalized spacial score (nSPS) is 10.6. The van der Waals surface area contributed by atoms with Crippen LogP contribution in [0.5, 0.6) is 5.75 Å². The van der Waals surface area contributed by atoms with Crippen LogP contribution in [0.15, 0.2) is 24.4 Å². The van der Waals surface area contributed by atoms with E-state index in [0.717, 1.165) is 0 Å². The minimum absolute atomic E-state index is 0.000584. The Hall–Kier alpha value is -2.54. The summed E-state index contributed by atoms with van der Waals surface area (Å²) in [5, 5.41) is 9.47. The molecule has 0 unspecified atom stereocenters. The molecule has 7 nitrogen and oxygen atoms in total. The van der Waals surface area contributed by atoms with E-state index in [4.69, 9.17) is 19.3 Å². The van der Waals surface area contributed by atoms with Gasteiger partial charge in [0, 0.05) is 17.1 Å². The van der Waals surface area contributed by atoms with Gasteiger partial charge in [-0.05, 0) is 32.0 Å². The number of aliphatic hydroxyl groups is 1. The monoisotopic (exact) mass is 335 g/mol. The van der Waals surface area contributed by atoms with E-state index < -0.39 is 5.97 Å². The van der Waals surface area contributed by atoms with Crippen molar-refractivity contribution >= 4 is 22.8 Å². The molecular weight excluding hydrogens is 314 g/mol. The Morgan fingerprint density at radius 3 is 2.58 bits per heavy atom. The number of hydrogen-bond donors (Lipinski definition) is 1. The summed E-state index contributed by atoms with van der Waals surface area (Å²) in [6, 6.07) is 5.16. The quantitative estimate of drug-likeness (QED) is 0.740. The van der Waals surface area contributed by atoms with Crippen LogP contribution in [0.25, 0.3) is 10.9 Å². The lowest BCUT2D eigenvalue weighted by Gasteiger charge is -2.07. The standard InChI is InChI=1S/C17H21NO6/c1-3-22-16(20)11-18-10-14(17(21)23-4-2)13-9-12(24-8-7-19)5-6-15(13)18/h5-6,9-10,19H,3-4,7-8,11H2,1-2H3. The van der Waals surface area contributed by atoms with Crippen LogP contribution in [0.3, 0.4) is 0 Å². The van der Waals surface area contributed by atoms with Crippen molar-refractivity contribution in [3.63, 3.8) is 0 Å². The molecule has 2 rings (SSSR count). The summed E-state index contributed by atoms with van der Waals surface area (Å²) in [4.78, 5) is 23.9. The number of aliphatic hydroxyl groups excluding tert-OH is 1. The lowest BCUT2D eigenvalue weighted by molar-refractivity contribution is -0.143. The molecule has 1 aromatic heterocycles. The van der Waals surface area contributed by atoms with E-state index in [9.17, 15) is 9.59 Å². The first kappa shape index (κ1) is 17.8. The van der Waals surface area contributed by atoms with E-state index in [1.165, 1.54) is 0 Å². The molecule has 1 N–H and O–H groups in total. The van der Waals surface area contributed by atoms with Gasteiger partial charge in [-0.25, -0.2) is 4.79 Å². The molecule has 2 aromatic rings. The second-order valence-electron chi connectivity index (χ2n) is 4.95. The lowest BCUT2D eigenvalue weighted by Crippen LogP contribution is -2.12. The Morgan fingerprint density at radius 1 is 1.17 bits per heavy atom. The van der Waals surface area contributed by atoms with Crippen LogP contribution in [-0.4, -0.2) is 48.0 Å². The average molecular weight is 335 g/mol. The SMILES string of the molecule is CCOC(=O)Cn1cc(C(=O)OCC)c2cc(OCCO)ccc21. The van der Waals surface area contributed by atoms with Crippen molar-refractivity contribution in [3.05, 3.63) is 30.0 Å². The number of rotatable bonds is 8. The smallest absolute Gasteiger partial charge is 0.340 e. The van der Waals surface area contributed by atoms with Gasteiger partial charge in [-0.15, -0.1) is 0 Å². The second-order valence-corrected chi connectivity index (χ2v) is 4.95. The number of benzene rings is 1. The largest absolute Gasteiger partial charge is 0.491 e. The van der Waals surface area contributed by atoms with Gasteiger partial charge >= 0.3 is 11.9 Å². The summed E-state index contributed by atoms with van der Waals surface area (Å²) >= 11 is 0. The van der Waals surface area contributed by atoms with Crippen LogP contribution in [0.4, 0.5) is 0 Å². The molecule has 0 aliphatic heterocycles. The summed E-state index contributed by atoms with van der Waals surface area (Å²) in [7, 11) is 0. The minimum atomic E-state index is -0.468. The molecule has 0 fully saturated rings. The van der Waals surface area contributed by atoms with E-state index >= 15 is 0 Å². The maximum atomic E-state index is 12.2. The highest BCUT2D eigenvalue weighted by Gasteiger charge is 2.18. The molecule has 1 aromatic carbocycles. The molecule has 0 aliphatic rings. The number of esters is 2. The van der Waals surface area contributed by atoms with Gasteiger partial charge in [0.25, 0.3) is 0 Å². The number of aromatic nitrogens is 1. The third kappa shape index (κ3) is 4.05. The van der Waals surface area contributed by atoms with Crippen LogP contribution in [0.2, 0.25) is 0 Å². The van der Waals surface area contributed by atoms with Crippen LogP contribution in [-0.2, 0) is 20.8 Å². The van der Waals surface area contributed by atoms with Crippen molar-refractivity contribution in [2.75, 3.05) is 26.4 Å². The van der Waals surface area contributed by atoms with Gasteiger partial charge in [0.05, 0.1) is 25.4 Å². The van der Waals surface area contributed by atoms with Crippen LogP contribution in [0.1, 0.15) is 24.2 Å². The Balaban J connectivity index is 2.43. The maximum absolute atomic E-state index is 12.2. The molecule has 0 atom stereocenters. The Morgan fingerprint density at radius 2 is 1.92 bits per heavy atom. The van der Waals surface area contributed by atoms with Crippen molar-refractivity contribution < 1.29 is 28.9 Å². The van der Waals surface area contributed by atoms with E-state index in [1.807, 2.05) is 0 Å². The fourth-order valence-corrected chi connectivity index (χ4v) is 2.38. The molecule has 0 saturated carbocycles. The van der Waals surface area contributed by atoms with Crippen molar-refractivity contribution in [1.82, 2.24) is 4.57 Å². The van der Waals surface area contributed by atoms with E-state index in [1.54, 1.807) is 42.8 Å². The summed E-state index contributed by atoms with van der Waals surface area (Å²) < 4.78 is 17.1. The second kappa shape index (κ2) is 8.35. The topological polar surface area (TPSA) is 87.0 Å². The lowest BCUT2D eigenvalue weighted by atomic mass is 10.1. The van der Waals surface area contributed by atoms with E-state index in [-0.39, 0.29) is 32.3 Å². The van der Waals surface area contributed by atoms with Crippen molar-refractivity contribution in [2.45, 2.75) is 20.4 Å². The van der Waals surface area contributed by atoms with E-state index in [2.05, 4.69) is 0 Å². The van der Waals surface area contributed by atoms with Crippen molar-refractivity contribution in [1.29, 1.82) is 0 Å². The molecule has 0 aliphatic carbocycles. The molecule has 24 heavy (non-hydrogen) atoms. The number of ether oxygens (including phenoxy) is 3. The third-order valence-corrected chi connectivity index (χ3v) is 3.31. The zero-order chi connectivity index (χ0) is 17.5. The molecule has 0 amide bonds. The molecule has 0 radical (unpaired) electrons.